The summed E-state index contributed by atoms with van der Waals surface area (Å²) in [6, 6.07) is 53.8. The molecule has 0 aliphatic heterocycles. The summed E-state index contributed by atoms with van der Waals surface area (Å²) in [6.45, 7) is 0. The molecule has 0 aliphatic rings. The first kappa shape index (κ1) is 27.4. The summed E-state index contributed by atoms with van der Waals surface area (Å²) >= 11 is 0. The fourth-order valence-corrected chi connectivity index (χ4v) is 6.88. The predicted octanol–water partition coefficient (Wildman–Crippen LogP) is 11.3. The second-order valence-electron chi connectivity index (χ2n) is 12.2. The Balaban J connectivity index is 1.19. The molecule has 4 heterocycles. The standard InChI is InChI=1S/C44H26N4O/c1-3-10-27(11-4-1)35-24-21-28-18-19-29-22-25-36(46-42(29)41(28)45-35)31-20-23-32-37(26-31)47-44(30-12-5-2-6-13-30)48-43(32)34-15-9-17-39-40(34)33-14-7-8-16-38(33)49-39/h1-26H. The van der Waals surface area contributed by atoms with Gasteiger partial charge in [0.1, 0.15) is 11.2 Å². The first-order valence-corrected chi connectivity index (χ1v) is 16.3. The third-order valence-electron chi connectivity index (χ3n) is 9.27. The van der Waals surface area contributed by atoms with E-state index in [2.05, 4.69) is 91.0 Å². The van der Waals surface area contributed by atoms with Gasteiger partial charge in [-0.15, -0.1) is 0 Å². The fraction of sp³-hybridized carbons (Fsp3) is 0. The highest BCUT2D eigenvalue weighted by molar-refractivity contribution is 6.14. The lowest BCUT2D eigenvalue weighted by atomic mass is 9.98. The highest BCUT2D eigenvalue weighted by Crippen LogP contribution is 2.40. The zero-order valence-corrected chi connectivity index (χ0v) is 26.2. The van der Waals surface area contributed by atoms with Gasteiger partial charge in [-0.05, 0) is 36.4 Å². The molecule has 0 radical (unpaired) electrons. The van der Waals surface area contributed by atoms with Crippen LogP contribution in [0.4, 0.5) is 0 Å². The maximum Gasteiger partial charge on any atom is 0.160 e. The molecule has 0 spiro atoms. The molecule has 0 unspecified atom stereocenters. The van der Waals surface area contributed by atoms with Crippen LogP contribution >= 0.6 is 0 Å². The van der Waals surface area contributed by atoms with Crippen LogP contribution in [0.25, 0.3) is 99.8 Å². The summed E-state index contributed by atoms with van der Waals surface area (Å²) in [5.74, 6) is 0.667. The number of hydrogen-bond donors (Lipinski definition) is 0. The van der Waals surface area contributed by atoms with Crippen LogP contribution in [0, 0.1) is 0 Å². The number of pyridine rings is 2. The topological polar surface area (TPSA) is 64.7 Å². The smallest absolute Gasteiger partial charge is 0.160 e. The average Bonchev–Trinajstić information content (AvgIpc) is 3.56. The number of fused-ring (bicyclic) bond motifs is 7. The highest BCUT2D eigenvalue weighted by atomic mass is 16.3. The lowest BCUT2D eigenvalue weighted by Gasteiger charge is -2.12. The molecule has 0 fully saturated rings. The third kappa shape index (κ3) is 4.55. The van der Waals surface area contributed by atoms with Crippen LogP contribution in [0.5, 0.6) is 0 Å². The van der Waals surface area contributed by atoms with E-state index in [4.69, 9.17) is 24.4 Å². The van der Waals surface area contributed by atoms with Gasteiger partial charge in [-0.2, -0.15) is 0 Å². The number of para-hydroxylation sites is 1. The zero-order chi connectivity index (χ0) is 32.3. The Morgan fingerprint density at radius 3 is 1.80 bits per heavy atom. The van der Waals surface area contributed by atoms with Crippen LogP contribution in [-0.4, -0.2) is 19.9 Å². The van der Waals surface area contributed by atoms with E-state index in [9.17, 15) is 0 Å². The number of benzene rings is 6. The molecule has 0 saturated heterocycles. The highest BCUT2D eigenvalue weighted by Gasteiger charge is 2.18. The summed E-state index contributed by atoms with van der Waals surface area (Å²) in [6.07, 6.45) is 0. The first-order chi connectivity index (χ1) is 24.3. The Labute approximate surface area is 281 Å². The van der Waals surface area contributed by atoms with Crippen molar-refractivity contribution in [3.05, 3.63) is 158 Å². The van der Waals surface area contributed by atoms with E-state index in [0.717, 1.165) is 94.0 Å². The number of furan rings is 1. The maximum absolute atomic E-state index is 6.26. The number of hydrogen-bond acceptors (Lipinski definition) is 5. The Bertz CT molecular complexity index is 2880. The van der Waals surface area contributed by atoms with E-state index in [0.29, 0.717) is 5.82 Å². The number of nitrogens with zero attached hydrogens (tertiary/aromatic N) is 4. The van der Waals surface area contributed by atoms with Gasteiger partial charge >= 0.3 is 0 Å². The van der Waals surface area contributed by atoms with Gasteiger partial charge in [-0.3, -0.25) is 0 Å². The van der Waals surface area contributed by atoms with Crippen molar-refractivity contribution in [1.29, 1.82) is 0 Å². The lowest BCUT2D eigenvalue weighted by molar-refractivity contribution is 0.669. The second-order valence-corrected chi connectivity index (χ2v) is 12.2. The molecule has 5 heteroatoms. The summed E-state index contributed by atoms with van der Waals surface area (Å²) in [4.78, 5) is 20.7. The maximum atomic E-state index is 6.26. The average molecular weight is 627 g/mol. The molecule has 6 aromatic carbocycles. The van der Waals surface area contributed by atoms with Gasteiger partial charge in [0.2, 0.25) is 0 Å². The van der Waals surface area contributed by atoms with Crippen molar-refractivity contribution in [2.75, 3.05) is 0 Å². The number of aromatic nitrogens is 4. The molecule has 228 valence electrons. The third-order valence-corrected chi connectivity index (χ3v) is 9.27. The van der Waals surface area contributed by atoms with Crippen molar-refractivity contribution < 1.29 is 4.42 Å². The quantitative estimate of drug-likeness (QED) is 0.182. The molecule has 0 N–H and O–H groups in total. The van der Waals surface area contributed by atoms with Crippen molar-refractivity contribution in [2.24, 2.45) is 0 Å². The van der Waals surface area contributed by atoms with Gasteiger partial charge in [0.15, 0.2) is 5.82 Å². The minimum Gasteiger partial charge on any atom is -0.456 e. The SMILES string of the molecule is c1ccc(-c2ccc3ccc4ccc(-c5ccc6c(-c7cccc8oc9ccccc9c78)nc(-c7ccccc7)nc6c5)nc4c3n2)cc1. The molecule has 49 heavy (non-hydrogen) atoms. The van der Waals surface area contributed by atoms with E-state index in [-0.39, 0.29) is 0 Å². The molecule has 10 rings (SSSR count). The Morgan fingerprint density at radius 1 is 0.408 bits per heavy atom. The van der Waals surface area contributed by atoms with E-state index >= 15 is 0 Å². The monoisotopic (exact) mass is 626 g/mol. The van der Waals surface area contributed by atoms with Gasteiger partial charge in [0.25, 0.3) is 0 Å². The molecule has 0 saturated carbocycles. The number of rotatable bonds is 4. The summed E-state index contributed by atoms with van der Waals surface area (Å²) in [5.41, 5.74) is 11.0. The molecule has 5 nitrogen and oxygen atoms in total. The van der Waals surface area contributed by atoms with Gasteiger partial charge in [-0.1, -0.05) is 121 Å². The molecular formula is C44H26N4O. The summed E-state index contributed by atoms with van der Waals surface area (Å²) < 4.78 is 6.26. The van der Waals surface area contributed by atoms with E-state index in [1.807, 2.05) is 66.7 Å². The molecule has 4 aromatic heterocycles. The van der Waals surface area contributed by atoms with Crippen LogP contribution < -0.4 is 0 Å². The Kier molecular flexibility index (Phi) is 6.11. The fourth-order valence-electron chi connectivity index (χ4n) is 6.88. The predicted molar refractivity (Wildman–Crippen MR) is 199 cm³/mol. The second kappa shape index (κ2) is 10.9. The molecule has 0 amide bonds. The molecule has 0 bridgehead atoms. The van der Waals surface area contributed by atoms with Gasteiger partial charge in [-0.25, -0.2) is 19.9 Å². The van der Waals surface area contributed by atoms with Crippen LogP contribution in [0.15, 0.2) is 162 Å². The van der Waals surface area contributed by atoms with Crippen LogP contribution in [0.3, 0.4) is 0 Å². The Morgan fingerprint density at radius 2 is 1.04 bits per heavy atom. The van der Waals surface area contributed by atoms with E-state index < -0.39 is 0 Å². The molecule has 10 aromatic rings. The van der Waals surface area contributed by atoms with Crippen molar-refractivity contribution in [3.8, 4) is 45.2 Å². The first-order valence-electron chi connectivity index (χ1n) is 16.3. The van der Waals surface area contributed by atoms with Crippen LogP contribution in [0.1, 0.15) is 0 Å². The minimum atomic E-state index is 0.667. The van der Waals surface area contributed by atoms with Crippen LogP contribution in [-0.2, 0) is 0 Å². The van der Waals surface area contributed by atoms with Gasteiger partial charge < -0.3 is 4.42 Å². The lowest BCUT2D eigenvalue weighted by Crippen LogP contribution is -1.96. The van der Waals surface area contributed by atoms with E-state index in [1.165, 1.54) is 0 Å². The zero-order valence-electron chi connectivity index (χ0n) is 26.2. The van der Waals surface area contributed by atoms with Crippen LogP contribution in [0.2, 0.25) is 0 Å². The summed E-state index contributed by atoms with van der Waals surface area (Å²) in [5, 5.41) is 5.18. The molecular weight excluding hydrogens is 601 g/mol. The van der Waals surface area contributed by atoms with Crippen molar-refractivity contribution in [1.82, 2.24) is 19.9 Å². The molecule has 0 aliphatic carbocycles. The van der Waals surface area contributed by atoms with Crippen molar-refractivity contribution >= 4 is 54.6 Å². The summed E-state index contributed by atoms with van der Waals surface area (Å²) in [7, 11) is 0. The van der Waals surface area contributed by atoms with Gasteiger partial charge in [0.05, 0.1) is 33.6 Å². The minimum absolute atomic E-state index is 0.667. The normalized spacial score (nSPS) is 11.7. The van der Waals surface area contributed by atoms with E-state index in [1.54, 1.807) is 0 Å². The Hall–Kier alpha value is -6.72. The van der Waals surface area contributed by atoms with Gasteiger partial charge in [0, 0.05) is 49.2 Å². The van der Waals surface area contributed by atoms with Crippen molar-refractivity contribution in [2.45, 2.75) is 0 Å². The van der Waals surface area contributed by atoms with Crippen molar-refractivity contribution in [3.63, 3.8) is 0 Å². The molecule has 0 atom stereocenters. The largest absolute Gasteiger partial charge is 0.456 e.